The molecule has 1 aliphatic heterocycles. The summed E-state index contributed by atoms with van der Waals surface area (Å²) >= 11 is 0. The van der Waals surface area contributed by atoms with Crippen molar-refractivity contribution in [2.24, 2.45) is 0 Å². The van der Waals surface area contributed by atoms with Crippen LogP contribution in [0.3, 0.4) is 0 Å². The molecule has 2 aromatic rings. The summed E-state index contributed by atoms with van der Waals surface area (Å²) < 4.78 is 28.2. The molecule has 0 saturated carbocycles. The van der Waals surface area contributed by atoms with Crippen molar-refractivity contribution >= 4 is 17.8 Å². The number of hydrogen-bond acceptors (Lipinski definition) is 12. The van der Waals surface area contributed by atoms with Crippen molar-refractivity contribution in [3.63, 3.8) is 0 Å². The van der Waals surface area contributed by atoms with Crippen molar-refractivity contribution in [1.82, 2.24) is 9.13 Å². The average Bonchev–Trinajstić information content (AvgIpc) is 3.28. The first-order valence-electron chi connectivity index (χ1n) is 12.4. The molecule has 0 amide bonds. The highest BCUT2D eigenvalue weighted by molar-refractivity contribution is 5.95. The molecule has 1 aromatic carbocycles. The normalized spacial score (nSPS) is 20.7. The Kier molecular flexibility index (Phi) is 10.5. The fourth-order valence-electron chi connectivity index (χ4n) is 4.33. The highest BCUT2D eigenvalue weighted by Crippen LogP contribution is 2.37. The standard InChI is InChI=1S/C26H32N2O12/c1-36-19(31)9-12-26(38-3,13-10-20(32)37-2)40-22-21(33)17(15-29)39-24(22)27-14-11-18(30)28(25(27)35)23(34)16-7-5-4-6-8-16/h4-8,11,14,17,21-22,24,29,33H,9-10,12-13,15H2,1-3H3/t17-,21-,22-,24-/m1/s1. The monoisotopic (exact) mass is 564 g/mol. The summed E-state index contributed by atoms with van der Waals surface area (Å²) in [6.45, 7) is -0.667. The minimum absolute atomic E-state index is 0.0804. The van der Waals surface area contributed by atoms with Crippen molar-refractivity contribution in [3.05, 3.63) is 69.0 Å². The number of esters is 2. The zero-order chi connectivity index (χ0) is 29.4. The van der Waals surface area contributed by atoms with E-state index in [2.05, 4.69) is 0 Å². The Morgan fingerprint density at radius 2 is 1.57 bits per heavy atom. The van der Waals surface area contributed by atoms with Gasteiger partial charge in [0.25, 0.3) is 11.5 Å². The van der Waals surface area contributed by atoms with Crippen LogP contribution in [-0.2, 0) is 33.3 Å². The first-order chi connectivity index (χ1) is 19.1. The number of aliphatic hydroxyl groups is 2. The molecule has 1 aromatic heterocycles. The SMILES string of the molecule is COC(=O)CCC(CCC(=O)OC)(OC)O[C@@H]1[C@H](O)[C@@H](CO)O[C@H]1n1ccc(=O)n(C(=O)c2ccccc2)c1=O. The molecule has 3 rings (SSSR count). The Morgan fingerprint density at radius 3 is 2.10 bits per heavy atom. The minimum atomic E-state index is -1.68. The number of nitrogens with zero attached hydrogens (tertiary/aromatic N) is 2. The first kappa shape index (κ1) is 30.8. The van der Waals surface area contributed by atoms with Gasteiger partial charge in [-0.15, -0.1) is 0 Å². The van der Waals surface area contributed by atoms with Crippen LogP contribution in [0.2, 0.25) is 0 Å². The lowest BCUT2D eigenvalue weighted by atomic mass is 10.0. The number of carbonyl (C=O) groups is 3. The van der Waals surface area contributed by atoms with Gasteiger partial charge >= 0.3 is 17.6 Å². The summed E-state index contributed by atoms with van der Waals surface area (Å²) in [5.41, 5.74) is -1.90. The highest BCUT2D eigenvalue weighted by atomic mass is 16.7. The number of hydrogen-bond donors (Lipinski definition) is 2. The molecule has 0 aliphatic carbocycles. The molecular weight excluding hydrogens is 532 g/mol. The molecule has 1 fully saturated rings. The van der Waals surface area contributed by atoms with E-state index in [0.717, 1.165) is 16.8 Å². The minimum Gasteiger partial charge on any atom is -0.469 e. The Bertz CT molecular complexity index is 1280. The van der Waals surface area contributed by atoms with Crippen molar-refractivity contribution < 1.29 is 48.3 Å². The maximum Gasteiger partial charge on any atom is 0.340 e. The molecule has 1 saturated heterocycles. The van der Waals surface area contributed by atoms with E-state index in [0.29, 0.717) is 4.57 Å². The second kappa shape index (κ2) is 13.6. The Morgan fingerprint density at radius 1 is 0.975 bits per heavy atom. The lowest BCUT2D eigenvalue weighted by molar-refractivity contribution is -0.275. The predicted octanol–water partition coefficient (Wildman–Crippen LogP) is -0.417. The van der Waals surface area contributed by atoms with Gasteiger partial charge in [0.05, 0.1) is 33.7 Å². The van der Waals surface area contributed by atoms with E-state index in [4.69, 9.17) is 23.7 Å². The Hall–Kier alpha value is -3.69. The molecular formula is C26H32N2O12. The lowest BCUT2D eigenvalue weighted by Gasteiger charge is -2.37. The molecule has 14 heteroatoms. The largest absolute Gasteiger partial charge is 0.469 e. The maximum absolute atomic E-state index is 13.5. The van der Waals surface area contributed by atoms with Gasteiger partial charge in [-0.2, -0.15) is 4.57 Å². The molecule has 14 nitrogen and oxygen atoms in total. The van der Waals surface area contributed by atoms with E-state index in [9.17, 15) is 34.2 Å². The van der Waals surface area contributed by atoms with E-state index in [-0.39, 0.29) is 31.2 Å². The number of carbonyl (C=O) groups excluding carboxylic acids is 3. The van der Waals surface area contributed by atoms with Crippen LogP contribution in [0, 0.1) is 0 Å². The van der Waals surface area contributed by atoms with Crippen LogP contribution >= 0.6 is 0 Å². The fraction of sp³-hybridized carbons (Fsp3) is 0.500. The third kappa shape index (κ3) is 6.71. The van der Waals surface area contributed by atoms with Crippen LogP contribution in [0.1, 0.15) is 42.3 Å². The third-order valence-corrected chi connectivity index (χ3v) is 6.60. The maximum atomic E-state index is 13.5. The molecule has 2 N–H and O–H groups in total. The van der Waals surface area contributed by atoms with Crippen molar-refractivity contribution in [3.8, 4) is 0 Å². The van der Waals surface area contributed by atoms with E-state index in [1.165, 1.54) is 33.5 Å². The van der Waals surface area contributed by atoms with Gasteiger partial charge in [0.15, 0.2) is 12.0 Å². The summed E-state index contributed by atoms with van der Waals surface area (Å²) in [5, 5.41) is 20.8. The van der Waals surface area contributed by atoms with E-state index in [1.54, 1.807) is 18.2 Å². The Balaban J connectivity index is 2.05. The molecule has 0 unspecified atom stereocenters. The van der Waals surface area contributed by atoms with Gasteiger partial charge in [0.1, 0.15) is 18.3 Å². The van der Waals surface area contributed by atoms with Crippen molar-refractivity contribution in [1.29, 1.82) is 0 Å². The van der Waals surface area contributed by atoms with Crippen molar-refractivity contribution in [2.45, 2.75) is 56.0 Å². The van der Waals surface area contributed by atoms with Gasteiger partial charge in [-0.3, -0.25) is 23.7 Å². The number of benzene rings is 1. The van der Waals surface area contributed by atoms with Crippen LogP contribution in [0.15, 0.2) is 52.2 Å². The van der Waals surface area contributed by atoms with Gasteiger partial charge in [-0.1, -0.05) is 18.2 Å². The zero-order valence-corrected chi connectivity index (χ0v) is 22.3. The highest BCUT2D eigenvalue weighted by Gasteiger charge is 2.50. The second-order valence-corrected chi connectivity index (χ2v) is 8.94. The van der Waals surface area contributed by atoms with E-state index in [1.807, 2.05) is 0 Å². The number of ether oxygens (including phenoxy) is 5. The fourth-order valence-corrected chi connectivity index (χ4v) is 4.33. The molecule has 1 aliphatic rings. The molecule has 40 heavy (non-hydrogen) atoms. The summed E-state index contributed by atoms with van der Waals surface area (Å²) in [6, 6.07) is 8.64. The van der Waals surface area contributed by atoms with Crippen LogP contribution < -0.4 is 11.2 Å². The molecule has 2 heterocycles. The van der Waals surface area contributed by atoms with Gasteiger partial charge in [-0.25, -0.2) is 4.79 Å². The quantitative estimate of drug-likeness (QED) is 0.251. The molecule has 218 valence electrons. The van der Waals surface area contributed by atoms with Crippen LogP contribution in [0.5, 0.6) is 0 Å². The average molecular weight is 565 g/mol. The number of rotatable bonds is 12. The third-order valence-electron chi connectivity index (χ3n) is 6.60. The van der Waals surface area contributed by atoms with Gasteiger partial charge in [-0.05, 0) is 12.1 Å². The number of aliphatic hydroxyl groups excluding tert-OH is 2. The molecule has 0 radical (unpaired) electrons. The van der Waals surface area contributed by atoms with Gasteiger partial charge in [0.2, 0.25) is 0 Å². The lowest BCUT2D eigenvalue weighted by Crippen LogP contribution is -2.49. The summed E-state index contributed by atoms with van der Waals surface area (Å²) in [6.07, 6.45) is -5.23. The van der Waals surface area contributed by atoms with E-state index >= 15 is 0 Å². The zero-order valence-electron chi connectivity index (χ0n) is 22.3. The second-order valence-electron chi connectivity index (χ2n) is 8.94. The number of aromatic nitrogens is 2. The first-order valence-corrected chi connectivity index (χ1v) is 12.4. The van der Waals surface area contributed by atoms with Crippen LogP contribution in [0.4, 0.5) is 0 Å². The molecule has 0 bridgehead atoms. The summed E-state index contributed by atoms with van der Waals surface area (Å²) in [4.78, 5) is 62.9. The summed E-state index contributed by atoms with van der Waals surface area (Å²) in [5.74, 6) is -3.77. The van der Waals surface area contributed by atoms with E-state index < -0.39 is 66.0 Å². The van der Waals surface area contributed by atoms with Gasteiger partial charge < -0.3 is 33.9 Å². The van der Waals surface area contributed by atoms with Crippen molar-refractivity contribution in [2.75, 3.05) is 27.9 Å². The topological polar surface area (TPSA) is 182 Å². The van der Waals surface area contributed by atoms with Crippen LogP contribution in [-0.4, -0.2) is 89.2 Å². The Labute approximate surface area is 228 Å². The molecule has 0 spiro atoms. The number of methoxy groups -OCH3 is 3. The van der Waals surface area contributed by atoms with Gasteiger partial charge in [0, 0.05) is 37.8 Å². The molecule has 4 atom stereocenters. The predicted molar refractivity (Wildman–Crippen MR) is 135 cm³/mol. The smallest absolute Gasteiger partial charge is 0.340 e. The van der Waals surface area contributed by atoms with Crippen LogP contribution in [0.25, 0.3) is 0 Å². The summed E-state index contributed by atoms with van der Waals surface area (Å²) in [7, 11) is 3.65.